The van der Waals surface area contributed by atoms with Crippen molar-refractivity contribution in [2.75, 3.05) is 5.01 Å². The average molecular weight is 429 g/mol. The molecule has 4 nitrogen and oxygen atoms in total. The maximum absolute atomic E-state index is 10.8. The van der Waals surface area contributed by atoms with E-state index in [9.17, 15) is 10.1 Å². The standard InChI is InChI=1S/C23H17BClN3OP/c1-14-2-3-16(10-17(14)12-26)15-4-7-19-21(9-5-15)28(27-23(19)25)18-6-8-20(24-13-29)22(30)11-18/h2-11,13,19H,30H2,1H3. The summed E-state index contributed by atoms with van der Waals surface area (Å²) in [5, 5.41) is 17.1. The number of halogens is 1. The number of aryl methyl sites for hydroxylation is 1. The number of carbonyl (C=O) groups is 1. The van der Waals surface area contributed by atoms with Crippen molar-refractivity contribution in [3.63, 3.8) is 0 Å². The summed E-state index contributed by atoms with van der Waals surface area (Å²) in [5.41, 5.74) is 6.25. The largest absolute Gasteiger partial charge is 0.315 e. The number of nitriles is 1. The first-order valence-corrected chi connectivity index (χ1v) is 10.3. The summed E-state index contributed by atoms with van der Waals surface area (Å²) < 4.78 is 0. The van der Waals surface area contributed by atoms with Crippen LogP contribution in [-0.2, 0) is 4.79 Å². The number of fused-ring (bicyclic) bond motifs is 1. The zero-order chi connectivity index (χ0) is 21.3. The molecule has 0 amide bonds. The van der Waals surface area contributed by atoms with Crippen molar-refractivity contribution in [3.8, 4) is 6.07 Å². The Morgan fingerprint density at radius 3 is 2.83 bits per heavy atom. The Labute approximate surface area is 183 Å². The molecule has 2 aromatic rings. The molecule has 1 heterocycles. The van der Waals surface area contributed by atoms with E-state index in [4.69, 9.17) is 11.6 Å². The molecule has 145 valence electrons. The van der Waals surface area contributed by atoms with Gasteiger partial charge in [0.1, 0.15) is 5.17 Å². The van der Waals surface area contributed by atoms with Crippen LogP contribution in [-0.4, -0.2) is 18.6 Å². The second-order valence-corrected chi connectivity index (χ2v) is 8.05. The monoisotopic (exact) mass is 428 g/mol. The van der Waals surface area contributed by atoms with E-state index in [-0.39, 0.29) is 5.92 Å². The van der Waals surface area contributed by atoms with E-state index in [0.717, 1.165) is 45.0 Å². The van der Waals surface area contributed by atoms with Gasteiger partial charge in [-0.05, 0) is 53.2 Å². The lowest BCUT2D eigenvalue weighted by Crippen LogP contribution is -2.28. The fourth-order valence-electron chi connectivity index (χ4n) is 3.49. The van der Waals surface area contributed by atoms with Gasteiger partial charge in [0.25, 0.3) is 0 Å². The number of hydrazone groups is 1. The van der Waals surface area contributed by atoms with Crippen LogP contribution in [0.1, 0.15) is 16.7 Å². The third kappa shape index (κ3) is 3.77. The van der Waals surface area contributed by atoms with E-state index in [1.54, 1.807) is 0 Å². The number of allylic oxidation sites excluding steroid dienone is 5. The first-order valence-electron chi connectivity index (χ1n) is 9.35. The van der Waals surface area contributed by atoms with Crippen molar-refractivity contribution >= 4 is 61.5 Å². The summed E-state index contributed by atoms with van der Waals surface area (Å²) in [5.74, 6) is -0.143. The van der Waals surface area contributed by atoms with Gasteiger partial charge in [-0.15, -0.1) is 9.24 Å². The average Bonchev–Trinajstić information content (AvgIpc) is 2.91. The first kappa shape index (κ1) is 20.4. The number of carbonyl (C=O) groups excluding carboxylic acids is 1. The summed E-state index contributed by atoms with van der Waals surface area (Å²) in [6.45, 7) is 1.93. The van der Waals surface area contributed by atoms with Gasteiger partial charge in [0, 0.05) is 0 Å². The highest BCUT2D eigenvalue weighted by Crippen LogP contribution is 2.36. The van der Waals surface area contributed by atoms with E-state index < -0.39 is 0 Å². The maximum Gasteiger partial charge on any atom is 0.237 e. The Balaban J connectivity index is 1.71. The lowest BCUT2D eigenvalue weighted by Gasteiger charge is -2.19. The van der Waals surface area contributed by atoms with Crippen LogP contribution in [0.25, 0.3) is 5.57 Å². The van der Waals surface area contributed by atoms with Crippen molar-refractivity contribution in [1.29, 1.82) is 5.26 Å². The van der Waals surface area contributed by atoms with Gasteiger partial charge in [-0.1, -0.05) is 53.5 Å². The number of hydrogen-bond acceptors (Lipinski definition) is 4. The molecular formula is C23H17BClN3OP. The molecule has 30 heavy (non-hydrogen) atoms. The van der Waals surface area contributed by atoms with Crippen LogP contribution in [0, 0.1) is 24.2 Å². The molecule has 2 aliphatic rings. The molecule has 4 rings (SSSR count). The van der Waals surface area contributed by atoms with E-state index in [0.29, 0.717) is 10.7 Å². The summed E-state index contributed by atoms with van der Waals surface area (Å²) in [4.78, 5) is 10.8. The third-order valence-electron chi connectivity index (χ3n) is 5.17. The number of benzene rings is 2. The maximum atomic E-state index is 10.8. The molecule has 0 bridgehead atoms. The molecule has 0 saturated heterocycles. The van der Waals surface area contributed by atoms with Crippen molar-refractivity contribution in [3.05, 3.63) is 83.1 Å². The van der Waals surface area contributed by atoms with Crippen molar-refractivity contribution in [1.82, 2.24) is 0 Å². The Kier molecular flexibility index (Phi) is 5.73. The van der Waals surface area contributed by atoms with E-state index >= 15 is 0 Å². The summed E-state index contributed by atoms with van der Waals surface area (Å²) in [6, 6.07) is 13.9. The normalized spacial score (nSPS) is 17.3. The van der Waals surface area contributed by atoms with Gasteiger partial charge in [0.15, 0.2) is 0 Å². The predicted molar refractivity (Wildman–Crippen MR) is 128 cm³/mol. The Morgan fingerprint density at radius 2 is 2.10 bits per heavy atom. The Morgan fingerprint density at radius 1 is 1.27 bits per heavy atom. The van der Waals surface area contributed by atoms with Crippen molar-refractivity contribution in [2.45, 2.75) is 6.92 Å². The highest BCUT2D eigenvalue weighted by atomic mass is 35.5. The molecule has 2 unspecified atom stereocenters. The number of anilines is 1. The second-order valence-electron chi connectivity index (χ2n) is 7.04. The molecule has 1 aliphatic heterocycles. The molecule has 0 fully saturated rings. The SMILES string of the molecule is Cc1ccc(C2=CC=C3C(C=C2)C(Cl)=NN3c2ccc([B]C=O)c(P)c2)cc1C#N. The smallest absolute Gasteiger partial charge is 0.237 e. The minimum absolute atomic E-state index is 0.143. The quantitative estimate of drug-likeness (QED) is 0.426. The minimum Gasteiger partial charge on any atom is -0.315 e. The van der Waals surface area contributed by atoms with Gasteiger partial charge in [-0.2, -0.15) is 10.4 Å². The van der Waals surface area contributed by atoms with Crippen molar-refractivity contribution < 1.29 is 4.79 Å². The topological polar surface area (TPSA) is 56.5 Å². The van der Waals surface area contributed by atoms with Crippen LogP contribution in [0.2, 0.25) is 0 Å². The number of rotatable bonds is 4. The number of hydrogen-bond donors (Lipinski definition) is 0. The molecule has 2 aromatic carbocycles. The van der Waals surface area contributed by atoms with Crippen LogP contribution < -0.4 is 15.8 Å². The van der Waals surface area contributed by atoms with Crippen LogP contribution in [0.15, 0.2) is 71.5 Å². The lowest BCUT2D eigenvalue weighted by molar-refractivity contribution is 0.568. The van der Waals surface area contributed by atoms with Crippen molar-refractivity contribution in [2.24, 2.45) is 11.0 Å². The highest BCUT2D eigenvalue weighted by molar-refractivity contribution is 7.29. The summed E-state index contributed by atoms with van der Waals surface area (Å²) >= 11 is 6.48. The van der Waals surface area contributed by atoms with Gasteiger partial charge in [0.2, 0.25) is 7.28 Å². The molecule has 0 saturated carbocycles. The summed E-state index contributed by atoms with van der Waals surface area (Å²) in [6.07, 6.45) is 8.85. The Hall–Kier alpha value is -2.93. The molecule has 0 spiro atoms. The Bertz CT molecular complexity index is 1210. The van der Waals surface area contributed by atoms with Crippen LogP contribution >= 0.6 is 20.8 Å². The zero-order valence-corrected chi connectivity index (χ0v) is 18.1. The molecule has 1 radical (unpaired) electrons. The summed E-state index contributed by atoms with van der Waals surface area (Å²) in [7, 11) is 4.17. The highest BCUT2D eigenvalue weighted by Gasteiger charge is 2.31. The van der Waals surface area contributed by atoms with Crippen LogP contribution in [0.4, 0.5) is 5.69 Å². The molecule has 7 heteroatoms. The fraction of sp³-hybridized carbons (Fsp3) is 0.0870. The first-order chi connectivity index (χ1) is 14.5. The van der Waals surface area contributed by atoms with Crippen LogP contribution in [0.3, 0.4) is 0 Å². The predicted octanol–water partition coefficient (Wildman–Crippen LogP) is 3.41. The zero-order valence-electron chi connectivity index (χ0n) is 16.2. The molecular weight excluding hydrogens is 412 g/mol. The number of nitrogens with zero attached hydrogens (tertiary/aromatic N) is 3. The third-order valence-corrected chi connectivity index (χ3v) is 5.98. The second kappa shape index (κ2) is 8.44. The lowest BCUT2D eigenvalue weighted by atomic mass is 9.72. The van der Waals surface area contributed by atoms with Gasteiger partial charge in [-0.25, -0.2) is 5.01 Å². The van der Waals surface area contributed by atoms with Gasteiger partial charge < -0.3 is 4.79 Å². The molecule has 1 aliphatic carbocycles. The van der Waals surface area contributed by atoms with Gasteiger partial charge in [-0.3, -0.25) is 0 Å². The molecule has 2 atom stereocenters. The van der Waals surface area contributed by atoms with Crippen LogP contribution in [0.5, 0.6) is 0 Å². The fourth-order valence-corrected chi connectivity index (χ4v) is 4.12. The van der Waals surface area contributed by atoms with E-state index in [2.05, 4.69) is 20.4 Å². The molecule has 0 N–H and O–H groups in total. The minimum atomic E-state index is -0.143. The van der Waals surface area contributed by atoms with E-state index in [1.165, 1.54) is 7.28 Å². The molecule has 0 aromatic heterocycles. The van der Waals surface area contributed by atoms with Gasteiger partial charge >= 0.3 is 0 Å². The van der Waals surface area contributed by atoms with Gasteiger partial charge in [0.05, 0.1) is 35.1 Å². The van der Waals surface area contributed by atoms with E-state index in [1.807, 2.05) is 72.6 Å².